The Morgan fingerprint density at radius 1 is 0.867 bits per heavy atom. The van der Waals surface area contributed by atoms with Gasteiger partial charge in [0, 0.05) is 24.0 Å². The molecule has 0 atom stereocenters. The summed E-state index contributed by atoms with van der Waals surface area (Å²) in [7, 11) is 0. The molecule has 3 N–H and O–H groups in total. The number of fused-ring (bicyclic) bond motifs is 2. The van der Waals surface area contributed by atoms with Gasteiger partial charge in [-0.1, -0.05) is 0 Å². The Morgan fingerprint density at radius 2 is 1.33 bits per heavy atom. The van der Waals surface area contributed by atoms with Crippen LogP contribution in [0.2, 0.25) is 0 Å². The van der Waals surface area contributed by atoms with Crippen LogP contribution in [-0.2, 0) is 17.6 Å². The van der Waals surface area contributed by atoms with Crippen molar-refractivity contribution in [2.75, 3.05) is 6.61 Å². The van der Waals surface area contributed by atoms with Gasteiger partial charge in [-0.2, -0.15) is 10.2 Å². The fourth-order valence-corrected chi connectivity index (χ4v) is 3.64. The maximum atomic E-state index is 11.7. The van der Waals surface area contributed by atoms with Gasteiger partial charge in [-0.05, 0) is 45.4 Å². The van der Waals surface area contributed by atoms with Crippen molar-refractivity contribution in [2.24, 2.45) is 0 Å². The first-order chi connectivity index (χ1) is 14.4. The number of H-pyrrole nitrogens is 2. The largest absolute Gasteiger partial charge is 0.477 e. The third-order valence-corrected chi connectivity index (χ3v) is 5.12. The second-order valence-electron chi connectivity index (χ2n) is 7.14. The predicted molar refractivity (Wildman–Crippen MR) is 104 cm³/mol. The summed E-state index contributed by atoms with van der Waals surface area (Å²) < 4.78 is 4.91. The molecule has 0 aliphatic heterocycles. The molecular weight excluding hydrogens is 392 g/mol. The number of aromatic nitrogens is 4. The molecule has 2 aromatic rings. The van der Waals surface area contributed by atoms with E-state index < -0.39 is 11.9 Å². The van der Waals surface area contributed by atoms with Crippen LogP contribution in [0.4, 0.5) is 0 Å². The molecule has 0 spiro atoms. The highest BCUT2D eigenvalue weighted by Gasteiger charge is 2.26. The Balaban J connectivity index is 0.000000172. The van der Waals surface area contributed by atoms with Crippen molar-refractivity contribution in [3.8, 4) is 0 Å². The van der Waals surface area contributed by atoms with Gasteiger partial charge in [-0.15, -0.1) is 0 Å². The number of aromatic amines is 2. The molecule has 0 fully saturated rings. The van der Waals surface area contributed by atoms with E-state index in [0.29, 0.717) is 54.9 Å². The number of ether oxygens (including phenoxy) is 1. The molecule has 0 amide bonds. The summed E-state index contributed by atoms with van der Waals surface area (Å²) in [5.41, 5.74) is 2.43. The molecule has 2 aliphatic rings. The number of esters is 1. The molecule has 0 aromatic carbocycles. The zero-order valence-electron chi connectivity index (χ0n) is 16.7. The van der Waals surface area contributed by atoms with Crippen LogP contribution < -0.4 is 0 Å². The molecular formula is C20H24N4O6. The number of nitrogens with one attached hydrogen (secondary N) is 2. The van der Waals surface area contributed by atoms with Crippen LogP contribution in [-0.4, -0.2) is 55.6 Å². The van der Waals surface area contributed by atoms with Crippen LogP contribution in [0.15, 0.2) is 0 Å². The first-order valence-corrected chi connectivity index (χ1v) is 10.0. The minimum atomic E-state index is -1.05. The summed E-state index contributed by atoms with van der Waals surface area (Å²) >= 11 is 0. The minimum absolute atomic E-state index is 0.0132. The van der Waals surface area contributed by atoms with Gasteiger partial charge < -0.3 is 9.84 Å². The van der Waals surface area contributed by atoms with Gasteiger partial charge >= 0.3 is 11.9 Å². The molecule has 2 aromatic heterocycles. The third kappa shape index (κ3) is 4.47. The van der Waals surface area contributed by atoms with Crippen molar-refractivity contribution < 1.29 is 29.0 Å². The fraction of sp³-hybridized carbons (Fsp3) is 0.500. The number of nitrogens with zero attached hydrogens (tertiary/aromatic N) is 2. The molecule has 10 nitrogen and oxygen atoms in total. The summed E-state index contributed by atoms with van der Waals surface area (Å²) in [5.74, 6) is -1.51. The standard InChI is InChI=1S/C11H14N2O3.C9H10N2O3/c1-2-16-11(15)10-7-5-3-4-6-8(14)9(7)12-13-10;12-6-4-2-1-3-5-7(6)10-11-8(5)9(13)14/h2-6H2,1H3,(H,12,13);1-4H2,(H,10,11)(H,13,14). The lowest BCUT2D eigenvalue weighted by molar-refractivity contribution is 0.0517. The third-order valence-electron chi connectivity index (χ3n) is 5.12. The van der Waals surface area contributed by atoms with E-state index in [-0.39, 0.29) is 17.3 Å². The van der Waals surface area contributed by atoms with Gasteiger partial charge in [-0.3, -0.25) is 19.8 Å². The summed E-state index contributed by atoms with van der Waals surface area (Å²) in [5, 5.41) is 21.5. The van der Waals surface area contributed by atoms with E-state index in [1.165, 1.54) is 0 Å². The number of carbonyl (C=O) groups excluding carboxylic acids is 3. The Hall–Kier alpha value is -3.30. The number of carboxylic acid groups (broad SMARTS) is 1. The molecule has 10 heteroatoms. The number of Topliss-reactive ketones (excluding diaryl/α,β-unsaturated/α-hetero) is 2. The van der Waals surface area contributed by atoms with Gasteiger partial charge in [0.05, 0.1) is 6.61 Å². The molecule has 0 radical (unpaired) electrons. The van der Waals surface area contributed by atoms with Crippen LogP contribution in [0.5, 0.6) is 0 Å². The maximum Gasteiger partial charge on any atom is 0.356 e. The molecule has 0 bridgehead atoms. The predicted octanol–water partition coefficient (Wildman–Crippen LogP) is 2.51. The summed E-state index contributed by atoms with van der Waals surface area (Å²) in [6, 6.07) is 0. The molecule has 0 saturated carbocycles. The highest BCUT2D eigenvalue weighted by molar-refractivity contribution is 6.00. The molecule has 0 unspecified atom stereocenters. The Bertz CT molecular complexity index is 974. The first kappa shape index (κ1) is 21.4. The molecule has 2 aliphatic carbocycles. The quantitative estimate of drug-likeness (QED) is 0.509. The van der Waals surface area contributed by atoms with Crippen LogP contribution in [0.1, 0.15) is 98.5 Å². The molecule has 2 heterocycles. The topological polar surface area (TPSA) is 155 Å². The lowest BCUT2D eigenvalue weighted by Gasteiger charge is -2.01. The second kappa shape index (κ2) is 9.47. The normalized spacial score (nSPS) is 15.8. The van der Waals surface area contributed by atoms with Crippen molar-refractivity contribution in [2.45, 2.75) is 58.3 Å². The summed E-state index contributed by atoms with van der Waals surface area (Å²) in [6.07, 6.45) is 5.75. The average Bonchev–Trinajstić information content (AvgIpc) is 3.24. The van der Waals surface area contributed by atoms with E-state index in [1.807, 2.05) is 0 Å². The zero-order valence-corrected chi connectivity index (χ0v) is 16.7. The Labute approximate surface area is 172 Å². The number of rotatable bonds is 3. The van der Waals surface area contributed by atoms with E-state index >= 15 is 0 Å². The lowest BCUT2D eigenvalue weighted by Crippen LogP contribution is -2.08. The van der Waals surface area contributed by atoms with Gasteiger partial charge in [0.25, 0.3) is 0 Å². The van der Waals surface area contributed by atoms with E-state index in [2.05, 4.69) is 20.4 Å². The number of hydrogen-bond acceptors (Lipinski definition) is 7. The van der Waals surface area contributed by atoms with Crippen LogP contribution in [0.25, 0.3) is 0 Å². The molecule has 30 heavy (non-hydrogen) atoms. The maximum absolute atomic E-state index is 11.7. The highest BCUT2D eigenvalue weighted by atomic mass is 16.5. The van der Waals surface area contributed by atoms with Crippen molar-refractivity contribution in [3.05, 3.63) is 33.9 Å². The van der Waals surface area contributed by atoms with Gasteiger partial charge in [0.15, 0.2) is 11.6 Å². The van der Waals surface area contributed by atoms with E-state index in [1.54, 1.807) is 6.92 Å². The fourth-order valence-electron chi connectivity index (χ4n) is 3.64. The second-order valence-corrected chi connectivity index (χ2v) is 7.14. The Morgan fingerprint density at radius 3 is 1.83 bits per heavy atom. The van der Waals surface area contributed by atoms with Crippen molar-refractivity contribution in [1.29, 1.82) is 0 Å². The van der Waals surface area contributed by atoms with E-state index in [9.17, 15) is 19.2 Å². The average molecular weight is 416 g/mol. The molecule has 160 valence electrons. The first-order valence-electron chi connectivity index (χ1n) is 10.0. The van der Waals surface area contributed by atoms with E-state index in [0.717, 1.165) is 31.2 Å². The van der Waals surface area contributed by atoms with Crippen LogP contribution in [0.3, 0.4) is 0 Å². The summed E-state index contributed by atoms with van der Waals surface area (Å²) in [4.78, 5) is 45.5. The monoisotopic (exact) mass is 416 g/mol. The zero-order chi connectivity index (χ0) is 21.7. The smallest absolute Gasteiger partial charge is 0.356 e. The minimum Gasteiger partial charge on any atom is -0.477 e. The van der Waals surface area contributed by atoms with E-state index in [4.69, 9.17) is 9.84 Å². The van der Waals surface area contributed by atoms with Gasteiger partial charge in [0.1, 0.15) is 22.8 Å². The van der Waals surface area contributed by atoms with Crippen molar-refractivity contribution in [1.82, 2.24) is 20.4 Å². The number of hydrogen-bond donors (Lipinski definition) is 3. The number of carbonyl (C=O) groups is 4. The number of aromatic carboxylic acids is 1. The van der Waals surface area contributed by atoms with Crippen LogP contribution in [0, 0.1) is 0 Å². The number of carboxylic acids is 1. The van der Waals surface area contributed by atoms with Crippen molar-refractivity contribution >= 4 is 23.5 Å². The van der Waals surface area contributed by atoms with Crippen molar-refractivity contribution in [3.63, 3.8) is 0 Å². The number of ketones is 2. The summed E-state index contributed by atoms with van der Waals surface area (Å²) in [6.45, 7) is 2.07. The van der Waals surface area contributed by atoms with Gasteiger partial charge in [-0.25, -0.2) is 9.59 Å². The van der Waals surface area contributed by atoms with Crippen LogP contribution >= 0.6 is 0 Å². The Kier molecular flexibility index (Phi) is 6.76. The molecule has 0 saturated heterocycles. The highest BCUT2D eigenvalue weighted by Crippen LogP contribution is 2.23. The SMILES string of the molecule is CCOC(=O)c1[nH]nc2c1CCCCC2=O.O=C1CCCCc2c1n[nH]c2C(=O)O. The lowest BCUT2D eigenvalue weighted by atomic mass is 10.1. The van der Waals surface area contributed by atoms with Gasteiger partial charge in [0.2, 0.25) is 0 Å². The molecule has 4 rings (SSSR count).